The van der Waals surface area contributed by atoms with Crippen molar-refractivity contribution in [3.8, 4) is 5.75 Å². The van der Waals surface area contributed by atoms with E-state index in [1.165, 1.54) is 29.2 Å². The minimum atomic E-state index is -4.18. The number of amides is 2. The number of nitrogens with zero attached hydrogens (tertiary/aromatic N) is 2. The van der Waals surface area contributed by atoms with Gasteiger partial charge < -0.3 is 15.0 Å². The molecule has 0 spiro atoms. The Kier molecular flexibility index (Phi) is 10.8. The maximum Gasteiger partial charge on any atom is 0.264 e. The summed E-state index contributed by atoms with van der Waals surface area (Å²) in [6.45, 7) is 5.68. The highest BCUT2D eigenvalue weighted by molar-refractivity contribution is 9.10. The Bertz CT molecular complexity index is 1390. The average molecular weight is 637 g/mol. The van der Waals surface area contributed by atoms with E-state index in [4.69, 9.17) is 16.3 Å². The van der Waals surface area contributed by atoms with Gasteiger partial charge in [0.1, 0.15) is 18.3 Å². The Morgan fingerprint density at radius 1 is 1.03 bits per heavy atom. The standard InChI is InChI=1S/C28H31BrClN3O5S/c1-4-31-28(35)20(3)32(18-21-7-6-8-22(29)17-21)27(34)19-33(24-11-13-25(14-12-24)38-5-2)39(36,37)26-15-9-23(30)10-16-26/h6-17,20H,4-5,18-19H2,1-3H3,(H,31,35)/t20-/m1/s1. The highest BCUT2D eigenvalue weighted by Gasteiger charge is 2.32. The minimum Gasteiger partial charge on any atom is -0.494 e. The van der Waals surface area contributed by atoms with Gasteiger partial charge in [-0.2, -0.15) is 0 Å². The fourth-order valence-electron chi connectivity index (χ4n) is 3.87. The number of likely N-dealkylation sites (N-methyl/N-ethyl adjacent to an activating group) is 1. The lowest BCUT2D eigenvalue weighted by Crippen LogP contribution is -2.51. The monoisotopic (exact) mass is 635 g/mol. The predicted octanol–water partition coefficient (Wildman–Crippen LogP) is 5.25. The van der Waals surface area contributed by atoms with Crippen molar-refractivity contribution in [2.75, 3.05) is 24.0 Å². The molecule has 1 N–H and O–H groups in total. The molecule has 208 valence electrons. The summed E-state index contributed by atoms with van der Waals surface area (Å²) in [7, 11) is -4.18. The van der Waals surface area contributed by atoms with Gasteiger partial charge >= 0.3 is 0 Å². The summed E-state index contributed by atoms with van der Waals surface area (Å²) < 4.78 is 35.0. The molecule has 1 atom stereocenters. The van der Waals surface area contributed by atoms with Crippen molar-refractivity contribution in [2.24, 2.45) is 0 Å². The van der Waals surface area contributed by atoms with Gasteiger partial charge in [-0.25, -0.2) is 8.42 Å². The molecule has 0 saturated carbocycles. The summed E-state index contributed by atoms with van der Waals surface area (Å²) in [6, 6.07) is 18.7. The first-order valence-corrected chi connectivity index (χ1v) is 15.0. The van der Waals surface area contributed by atoms with Gasteiger partial charge in [-0.05, 0) is 87.0 Å². The van der Waals surface area contributed by atoms with Crippen LogP contribution in [0.5, 0.6) is 5.75 Å². The number of rotatable bonds is 12. The topological polar surface area (TPSA) is 96.0 Å². The number of anilines is 1. The van der Waals surface area contributed by atoms with Crippen molar-refractivity contribution in [3.63, 3.8) is 0 Å². The van der Waals surface area contributed by atoms with Crippen molar-refractivity contribution >= 4 is 55.1 Å². The molecule has 39 heavy (non-hydrogen) atoms. The SMILES string of the molecule is CCNC(=O)[C@@H](C)N(Cc1cccc(Br)c1)C(=O)CN(c1ccc(OCC)cc1)S(=O)(=O)c1ccc(Cl)cc1. The molecule has 0 bridgehead atoms. The van der Waals surface area contributed by atoms with Crippen LogP contribution in [0.15, 0.2) is 82.2 Å². The van der Waals surface area contributed by atoms with E-state index in [1.54, 1.807) is 38.1 Å². The lowest BCUT2D eigenvalue weighted by molar-refractivity contribution is -0.139. The summed E-state index contributed by atoms with van der Waals surface area (Å²) in [4.78, 5) is 28.0. The summed E-state index contributed by atoms with van der Waals surface area (Å²) in [6.07, 6.45) is 0. The molecule has 0 aromatic heterocycles. The molecule has 0 aliphatic heterocycles. The Morgan fingerprint density at radius 2 is 1.69 bits per heavy atom. The lowest BCUT2D eigenvalue weighted by Gasteiger charge is -2.32. The number of sulfonamides is 1. The Hall–Kier alpha value is -3.08. The lowest BCUT2D eigenvalue weighted by atomic mass is 10.1. The number of halogens is 2. The second-order valence-electron chi connectivity index (χ2n) is 8.61. The van der Waals surface area contributed by atoms with Crippen molar-refractivity contribution in [1.82, 2.24) is 10.2 Å². The minimum absolute atomic E-state index is 0.0242. The van der Waals surface area contributed by atoms with E-state index in [0.717, 1.165) is 14.3 Å². The number of benzene rings is 3. The van der Waals surface area contributed by atoms with Gasteiger partial charge in [0, 0.05) is 22.6 Å². The molecule has 3 aromatic carbocycles. The largest absolute Gasteiger partial charge is 0.494 e. The molecule has 0 unspecified atom stereocenters. The maximum atomic E-state index is 13.9. The zero-order valence-corrected chi connectivity index (χ0v) is 25.1. The van der Waals surface area contributed by atoms with Gasteiger partial charge in [-0.1, -0.05) is 39.7 Å². The third-order valence-electron chi connectivity index (χ3n) is 5.88. The van der Waals surface area contributed by atoms with E-state index in [2.05, 4.69) is 21.2 Å². The van der Waals surface area contributed by atoms with Crippen LogP contribution in [-0.2, 0) is 26.2 Å². The van der Waals surface area contributed by atoms with E-state index < -0.39 is 28.5 Å². The van der Waals surface area contributed by atoms with Crippen molar-refractivity contribution in [1.29, 1.82) is 0 Å². The maximum absolute atomic E-state index is 13.9. The van der Waals surface area contributed by atoms with Crippen LogP contribution in [0.1, 0.15) is 26.3 Å². The van der Waals surface area contributed by atoms with Crippen molar-refractivity contribution < 1.29 is 22.7 Å². The number of ether oxygens (including phenoxy) is 1. The fraction of sp³-hybridized carbons (Fsp3) is 0.286. The fourth-order valence-corrected chi connectivity index (χ4v) is 5.86. The first-order valence-electron chi connectivity index (χ1n) is 12.4. The molecule has 8 nitrogen and oxygen atoms in total. The van der Waals surface area contributed by atoms with Gasteiger partial charge in [0.25, 0.3) is 10.0 Å². The van der Waals surface area contributed by atoms with Gasteiger partial charge in [0.15, 0.2) is 0 Å². The average Bonchev–Trinajstić information content (AvgIpc) is 2.91. The molecular formula is C28H31BrClN3O5S. The van der Waals surface area contributed by atoms with Crippen LogP contribution < -0.4 is 14.4 Å². The molecule has 0 aliphatic rings. The summed E-state index contributed by atoms with van der Waals surface area (Å²) in [5, 5.41) is 3.12. The molecular weight excluding hydrogens is 606 g/mol. The summed E-state index contributed by atoms with van der Waals surface area (Å²) in [5.41, 5.74) is 1.05. The van der Waals surface area contributed by atoms with E-state index in [1.807, 2.05) is 31.2 Å². The first kappa shape index (κ1) is 30.5. The second kappa shape index (κ2) is 13.8. The zero-order chi connectivity index (χ0) is 28.6. The van der Waals surface area contributed by atoms with Crippen LogP contribution >= 0.6 is 27.5 Å². The van der Waals surface area contributed by atoms with Gasteiger partial charge in [0.2, 0.25) is 11.8 Å². The van der Waals surface area contributed by atoms with Crippen LogP contribution in [0, 0.1) is 0 Å². The Morgan fingerprint density at radius 3 is 2.28 bits per heavy atom. The van der Waals surface area contributed by atoms with E-state index in [0.29, 0.717) is 23.9 Å². The molecule has 2 amide bonds. The number of hydrogen-bond donors (Lipinski definition) is 1. The van der Waals surface area contributed by atoms with Crippen molar-refractivity contribution in [3.05, 3.63) is 87.9 Å². The number of hydrogen-bond acceptors (Lipinski definition) is 5. The molecule has 3 aromatic rings. The van der Waals surface area contributed by atoms with E-state index in [9.17, 15) is 18.0 Å². The first-order chi connectivity index (χ1) is 18.6. The van der Waals surface area contributed by atoms with Gasteiger partial charge in [0.05, 0.1) is 17.2 Å². The number of nitrogens with one attached hydrogen (secondary N) is 1. The highest BCUT2D eigenvalue weighted by Crippen LogP contribution is 2.27. The zero-order valence-electron chi connectivity index (χ0n) is 21.9. The molecule has 0 saturated heterocycles. The quantitative estimate of drug-likeness (QED) is 0.293. The smallest absolute Gasteiger partial charge is 0.264 e. The van der Waals surface area contributed by atoms with E-state index in [-0.39, 0.29) is 23.0 Å². The molecule has 3 rings (SSSR count). The van der Waals surface area contributed by atoms with Crippen LogP contribution in [-0.4, -0.2) is 50.9 Å². The normalized spacial score (nSPS) is 11.9. The van der Waals surface area contributed by atoms with Crippen LogP contribution in [0.3, 0.4) is 0 Å². The van der Waals surface area contributed by atoms with Crippen LogP contribution in [0.2, 0.25) is 5.02 Å². The van der Waals surface area contributed by atoms with Crippen LogP contribution in [0.25, 0.3) is 0 Å². The Balaban J connectivity index is 2.03. The molecule has 0 radical (unpaired) electrons. The Labute approximate surface area is 243 Å². The summed E-state index contributed by atoms with van der Waals surface area (Å²) in [5.74, 6) is -0.313. The molecule has 0 fully saturated rings. The van der Waals surface area contributed by atoms with Gasteiger partial charge in [-0.3, -0.25) is 13.9 Å². The molecule has 0 heterocycles. The van der Waals surface area contributed by atoms with Crippen molar-refractivity contribution in [2.45, 2.75) is 38.3 Å². The molecule has 11 heteroatoms. The second-order valence-corrected chi connectivity index (χ2v) is 11.8. The predicted molar refractivity (Wildman–Crippen MR) is 156 cm³/mol. The van der Waals surface area contributed by atoms with Gasteiger partial charge in [-0.15, -0.1) is 0 Å². The summed E-state index contributed by atoms with van der Waals surface area (Å²) >= 11 is 9.42. The highest BCUT2D eigenvalue weighted by atomic mass is 79.9. The van der Waals surface area contributed by atoms with E-state index >= 15 is 0 Å². The van der Waals surface area contributed by atoms with Crippen LogP contribution in [0.4, 0.5) is 5.69 Å². The number of carbonyl (C=O) groups excluding carboxylic acids is 2. The third kappa shape index (κ3) is 7.97. The molecule has 0 aliphatic carbocycles. The number of carbonyl (C=O) groups is 2. The third-order valence-corrected chi connectivity index (χ3v) is 8.41.